The van der Waals surface area contributed by atoms with Gasteiger partial charge in [0.1, 0.15) is 0 Å². The number of aromatic nitrogens is 2. The molecule has 1 N–H and O–H groups in total. The van der Waals surface area contributed by atoms with E-state index < -0.39 is 0 Å². The molecule has 1 unspecified atom stereocenters. The standard InChI is InChI=1S/C21H31N5O2.HI/c1-5-10-28-19-7-6-16(11-20(19)27-4)12-23-21(22-2)26-9-8-17(15-26)18-13-24-25(3)14-18;/h6-7,11,13-14,17H,5,8-10,12,15H2,1-4H3,(H,22,23);1H. The van der Waals surface area contributed by atoms with Crippen LogP contribution in [0, 0.1) is 0 Å². The number of nitrogens with zero attached hydrogens (tertiary/aromatic N) is 4. The van der Waals surface area contributed by atoms with E-state index in [1.54, 1.807) is 7.11 Å². The molecule has 0 bridgehead atoms. The fourth-order valence-corrected chi connectivity index (χ4v) is 3.54. The zero-order chi connectivity index (χ0) is 19.9. The van der Waals surface area contributed by atoms with Gasteiger partial charge in [0.2, 0.25) is 0 Å². The third-order valence-electron chi connectivity index (χ3n) is 5.04. The van der Waals surface area contributed by atoms with Crippen LogP contribution in [0.5, 0.6) is 11.5 Å². The first-order valence-electron chi connectivity index (χ1n) is 9.88. The summed E-state index contributed by atoms with van der Waals surface area (Å²) in [6.45, 7) is 5.41. The number of guanidine groups is 1. The van der Waals surface area contributed by atoms with Crippen molar-refractivity contribution in [2.24, 2.45) is 12.0 Å². The number of halogens is 1. The van der Waals surface area contributed by atoms with Crippen LogP contribution in [0.4, 0.5) is 0 Å². The molecule has 0 saturated carbocycles. The molecule has 0 amide bonds. The van der Waals surface area contributed by atoms with Crippen molar-refractivity contribution in [1.82, 2.24) is 20.0 Å². The van der Waals surface area contributed by atoms with Gasteiger partial charge in [0.05, 0.1) is 19.9 Å². The Hall–Kier alpha value is -1.97. The lowest BCUT2D eigenvalue weighted by molar-refractivity contribution is 0.294. The summed E-state index contributed by atoms with van der Waals surface area (Å²) in [5, 5.41) is 7.78. The fourth-order valence-electron chi connectivity index (χ4n) is 3.54. The number of aryl methyl sites for hydroxylation is 1. The molecule has 1 atom stereocenters. The number of hydrogen-bond donors (Lipinski definition) is 1. The minimum Gasteiger partial charge on any atom is -0.493 e. The third-order valence-corrected chi connectivity index (χ3v) is 5.04. The molecule has 1 fully saturated rings. The number of benzene rings is 1. The van der Waals surface area contributed by atoms with Crippen molar-refractivity contribution in [2.75, 3.05) is 33.9 Å². The van der Waals surface area contributed by atoms with Gasteiger partial charge >= 0.3 is 0 Å². The average molecular weight is 513 g/mol. The largest absolute Gasteiger partial charge is 0.493 e. The Bertz CT molecular complexity index is 808. The maximum atomic E-state index is 5.73. The summed E-state index contributed by atoms with van der Waals surface area (Å²) in [6, 6.07) is 6.06. The second kappa shape index (κ2) is 11.3. The number of rotatable bonds is 7. The summed E-state index contributed by atoms with van der Waals surface area (Å²) in [5.74, 6) is 2.98. The predicted molar refractivity (Wildman–Crippen MR) is 127 cm³/mol. The van der Waals surface area contributed by atoms with E-state index in [-0.39, 0.29) is 24.0 Å². The SMILES string of the molecule is CCCOc1ccc(CNC(=NC)N2CCC(c3cnn(C)c3)C2)cc1OC.I. The van der Waals surface area contributed by atoms with Gasteiger partial charge in [0.25, 0.3) is 0 Å². The molecule has 0 aliphatic carbocycles. The van der Waals surface area contributed by atoms with Gasteiger partial charge in [-0.15, -0.1) is 24.0 Å². The summed E-state index contributed by atoms with van der Waals surface area (Å²) in [4.78, 5) is 6.79. The molecule has 8 heteroatoms. The van der Waals surface area contributed by atoms with E-state index in [0.29, 0.717) is 19.1 Å². The molecule has 1 saturated heterocycles. The average Bonchev–Trinajstić information content (AvgIpc) is 3.36. The van der Waals surface area contributed by atoms with Gasteiger partial charge in [0.15, 0.2) is 17.5 Å². The van der Waals surface area contributed by atoms with Crippen LogP contribution in [0.2, 0.25) is 0 Å². The topological polar surface area (TPSA) is 63.9 Å². The van der Waals surface area contributed by atoms with E-state index in [1.807, 2.05) is 37.1 Å². The normalized spacial score (nSPS) is 16.5. The first-order valence-corrected chi connectivity index (χ1v) is 9.88. The molecule has 2 heterocycles. The van der Waals surface area contributed by atoms with E-state index in [1.165, 1.54) is 5.56 Å². The van der Waals surface area contributed by atoms with Crippen molar-refractivity contribution < 1.29 is 9.47 Å². The number of likely N-dealkylation sites (tertiary alicyclic amines) is 1. The number of aliphatic imine (C=N–C) groups is 1. The minimum atomic E-state index is 0. The van der Waals surface area contributed by atoms with Crippen molar-refractivity contribution in [3.05, 3.63) is 41.7 Å². The Morgan fingerprint density at radius 2 is 2.17 bits per heavy atom. The van der Waals surface area contributed by atoms with Crippen LogP contribution in [-0.2, 0) is 13.6 Å². The number of ether oxygens (including phenoxy) is 2. The highest BCUT2D eigenvalue weighted by molar-refractivity contribution is 14.0. The van der Waals surface area contributed by atoms with Crippen LogP contribution in [0.3, 0.4) is 0 Å². The second-order valence-electron chi connectivity index (χ2n) is 7.11. The van der Waals surface area contributed by atoms with Gasteiger partial charge in [0, 0.05) is 45.8 Å². The van der Waals surface area contributed by atoms with E-state index >= 15 is 0 Å². The van der Waals surface area contributed by atoms with Crippen LogP contribution in [-0.4, -0.2) is 54.5 Å². The van der Waals surface area contributed by atoms with Gasteiger partial charge in [-0.25, -0.2) is 0 Å². The molecule has 1 aromatic carbocycles. The molecule has 1 aromatic heterocycles. The summed E-state index contributed by atoms with van der Waals surface area (Å²) >= 11 is 0. The molecule has 1 aliphatic heterocycles. The predicted octanol–water partition coefficient (Wildman–Crippen LogP) is 3.40. The summed E-state index contributed by atoms with van der Waals surface area (Å²) < 4.78 is 13.1. The maximum Gasteiger partial charge on any atom is 0.193 e. The molecular weight excluding hydrogens is 481 g/mol. The van der Waals surface area contributed by atoms with Crippen molar-refractivity contribution in [2.45, 2.75) is 32.2 Å². The van der Waals surface area contributed by atoms with Gasteiger partial charge in [-0.2, -0.15) is 5.10 Å². The Balaban J connectivity index is 0.00000300. The summed E-state index contributed by atoms with van der Waals surface area (Å²) in [5.41, 5.74) is 2.43. The lowest BCUT2D eigenvalue weighted by Crippen LogP contribution is -2.39. The molecule has 160 valence electrons. The highest BCUT2D eigenvalue weighted by Gasteiger charge is 2.26. The highest BCUT2D eigenvalue weighted by atomic mass is 127. The molecule has 7 nitrogen and oxygen atoms in total. The molecule has 2 aromatic rings. The van der Waals surface area contributed by atoms with Crippen molar-refractivity contribution in [1.29, 1.82) is 0 Å². The molecule has 0 spiro atoms. The van der Waals surface area contributed by atoms with Gasteiger partial charge in [-0.3, -0.25) is 9.67 Å². The molecular formula is C21H32IN5O2. The lowest BCUT2D eigenvalue weighted by atomic mass is 10.0. The van der Waals surface area contributed by atoms with Crippen LogP contribution in [0.1, 0.15) is 36.8 Å². The van der Waals surface area contributed by atoms with Crippen molar-refractivity contribution >= 4 is 29.9 Å². The number of hydrogen-bond acceptors (Lipinski definition) is 4. The van der Waals surface area contributed by atoms with E-state index in [9.17, 15) is 0 Å². The summed E-state index contributed by atoms with van der Waals surface area (Å²) in [7, 11) is 5.47. The Kier molecular flexibility index (Phi) is 9.06. The maximum absolute atomic E-state index is 5.73. The quantitative estimate of drug-likeness (QED) is 0.350. The van der Waals surface area contributed by atoms with Crippen LogP contribution in [0.25, 0.3) is 0 Å². The van der Waals surface area contributed by atoms with Crippen molar-refractivity contribution in [3.63, 3.8) is 0 Å². The fraction of sp³-hybridized carbons (Fsp3) is 0.524. The first kappa shape index (κ1) is 23.3. The zero-order valence-corrected chi connectivity index (χ0v) is 20.1. The van der Waals surface area contributed by atoms with Crippen molar-refractivity contribution in [3.8, 4) is 11.5 Å². The smallest absolute Gasteiger partial charge is 0.193 e. The first-order chi connectivity index (χ1) is 13.6. The van der Waals surface area contributed by atoms with E-state index in [2.05, 4.69) is 39.5 Å². The molecule has 3 rings (SSSR count). The highest BCUT2D eigenvalue weighted by Crippen LogP contribution is 2.29. The summed E-state index contributed by atoms with van der Waals surface area (Å²) in [6.07, 6.45) is 6.17. The Morgan fingerprint density at radius 3 is 2.83 bits per heavy atom. The lowest BCUT2D eigenvalue weighted by Gasteiger charge is -2.22. The van der Waals surface area contributed by atoms with Crippen LogP contribution in [0.15, 0.2) is 35.6 Å². The Morgan fingerprint density at radius 1 is 1.34 bits per heavy atom. The Labute approximate surface area is 190 Å². The van der Waals surface area contributed by atoms with Gasteiger partial charge in [-0.1, -0.05) is 13.0 Å². The molecule has 29 heavy (non-hydrogen) atoms. The van der Waals surface area contributed by atoms with E-state index in [0.717, 1.165) is 49.0 Å². The van der Waals surface area contributed by atoms with E-state index in [4.69, 9.17) is 9.47 Å². The second-order valence-corrected chi connectivity index (χ2v) is 7.11. The van der Waals surface area contributed by atoms with Crippen LogP contribution < -0.4 is 14.8 Å². The number of nitrogens with one attached hydrogen (secondary N) is 1. The van der Waals surface area contributed by atoms with Gasteiger partial charge < -0.3 is 19.7 Å². The minimum absolute atomic E-state index is 0. The van der Waals surface area contributed by atoms with Gasteiger partial charge in [-0.05, 0) is 36.1 Å². The molecule has 1 aliphatic rings. The molecule has 0 radical (unpaired) electrons. The zero-order valence-electron chi connectivity index (χ0n) is 17.7. The third kappa shape index (κ3) is 6.01. The monoisotopic (exact) mass is 513 g/mol. The number of methoxy groups -OCH3 is 1. The van der Waals surface area contributed by atoms with Crippen LogP contribution >= 0.6 is 24.0 Å².